The standard InChI is InChI=1S/C22H17ClO3/c1-12-10-18-20(15-4-2-3-5-16(15)22(24)26-18)21-19(12)17(11-25-21)13-6-8-14(23)9-7-13/h6-11H,2-5H2,1H3. The average Bonchev–Trinajstić information content (AvgIpc) is 3.08. The number of halogens is 1. The van der Waals surface area contributed by atoms with Gasteiger partial charge in [0.05, 0.1) is 11.6 Å². The lowest BCUT2D eigenvalue weighted by atomic mass is 9.89. The van der Waals surface area contributed by atoms with E-state index in [-0.39, 0.29) is 5.63 Å². The van der Waals surface area contributed by atoms with E-state index in [9.17, 15) is 4.79 Å². The zero-order valence-corrected chi connectivity index (χ0v) is 15.2. The molecule has 4 heteroatoms. The fourth-order valence-electron chi connectivity index (χ4n) is 4.16. The Labute approximate surface area is 155 Å². The van der Waals surface area contributed by atoms with Crippen LogP contribution < -0.4 is 5.63 Å². The maximum absolute atomic E-state index is 12.4. The SMILES string of the molecule is Cc1cc2oc(=O)c3c(c2c2occ(-c4ccc(Cl)cc4)c12)CCCC3. The molecule has 4 aromatic rings. The molecule has 2 aromatic carbocycles. The molecule has 0 aliphatic heterocycles. The zero-order valence-electron chi connectivity index (χ0n) is 14.4. The Morgan fingerprint density at radius 2 is 1.73 bits per heavy atom. The number of fused-ring (bicyclic) bond motifs is 5. The van der Waals surface area contributed by atoms with Gasteiger partial charge in [-0.05, 0) is 67.5 Å². The van der Waals surface area contributed by atoms with Crippen LogP contribution in [0.5, 0.6) is 0 Å². The summed E-state index contributed by atoms with van der Waals surface area (Å²) < 4.78 is 11.7. The van der Waals surface area contributed by atoms with Crippen LogP contribution in [0.4, 0.5) is 0 Å². The first-order valence-electron chi connectivity index (χ1n) is 8.89. The predicted octanol–water partition coefficient (Wildman–Crippen LogP) is 6.05. The molecule has 0 unspecified atom stereocenters. The van der Waals surface area contributed by atoms with Gasteiger partial charge in [0.2, 0.25) is 0 Å². The van der Waals surface area contributed by atoms with Crippen LogP contribution in [-0.4, -0.2) is 0 Å². The van der Waals surface area contributed by atoms with E-state index in [1.807, 2.05) is 37.3 Å². The normalized spacial score (nSPS) is 14.1. The first-order chi connectivity index (χ1) is 12.6. The molecule has 0 radical (unpaired) electrons. The highest BCUT2D eigenvalue weighted by atomic mass is 35.5. The second kappa shape index (κ2) is 5.75. The van der Waals surface area contributed by atoms with Gasteiger partial charge in [0.15, 0.2) is 0 Å². The number of hydrogen-bond acceptors (Lipinski definition) is 3. The third-order valence-corrected chi connectivity index (χ3v) is 5.63. The van der Waals surface area contributed by atoms with Crippen molar-refractivity contribution < 1.29 is 8.83 Å². The predicted molar refractivity (Wildman–Crippen MR) is 104 cm³/mol. The van der Waals surface area contributed by atoms with Crippen LogP contribution in [0.3, 0.4) is 0 Å². The molecule has 1 aliphatic rings. The van der Waals surface area contributed by atoms with Crippen LogP contribution in [0.15, 0.2) is 50.2 Å². The lowest BCUT2D eigenvalue weighted by Crippen LogP contribution is -2.15. The molecule has 0 bridgehead atoms. The monoisotopic (exact) mass is 364 g/mol. The van der Waals surface area contributed by atoms with Gasteiger partial charge in [-0.3, -0.25) is 0 Å². The van der Waals surface area contributed by atoms with E-state index in [1.165, 1.54) is 0 Å². The van der Waals surface area contributed by atoms with Crippen molar-refractivity contribution in [2.45, 2.75) is 32.6 Å². The molecule has 2 aromatic heterocycles. The van der Waals surface area contributed by atoms with Crippen molar-refractivity contribution in [1.82, 2.24) is 0 Å². The number of hydrogen-bond donors (Lipinski definition) is 0. The summed E-state index contributed by atoms with van der Waals surface area (Å²) in [6.45, 7) is 2.02. The Morgan fingerprint density at radius 3 is 2.50 bits per heavy atom. The highest BCUT2D eigenvalue weighted by molar-refractivity contribution is 6.30. The van der Waals surface area contributed by atoms with Crippen molar-refractivity contribution in [1.29, 1.82) is 0 Å². The number of rotatable bonds is 1. The van der Waals surface area contributed by atoms with E-state index in [2.05, 4.69) is 0 Å². The van der Waals surface area contributed by atoms with Crippen LogP contribution in [-0.2, 0) is 12.8 Å². The Morgan fingerprint density at radius 1 is 1.00 bits per heavy atom. The largest absolute Gasteiger partial charge is 0.463 e. The van der Waals surface area contributed by atoms with Gasteiger partial charge in [0.1, 0.15) is 11.2 Å². The van der Waals surface area contributed by atoms with Gasteiger partial charge in [0.25, 0.3) is 0 Å². The summed E-state index contributed by atoms with van der Waals surface area (Å²) in [7, 11) is 0. The minimum atomic E-state index is -0.199. The third-order valence-electron chi connectivity index (χ3n) is 5.38. The maximum atomic E-state index is 12.4. The molecular weight excluding hydrogens is 348 g/mol. The molecule has 3 nitrogen and oxygen atoms in total. The van der Waals surface area contributed by atoms with Gasteiger partial charge in [-0.25, -0.2) is 4.79 Å². The van der Waals surface area contributed by atoms with Gasteiger partial charge >= 0.3 is 5.63 Å². The summed E-state index contributed by atoms with van der Waals surface area (Å²) in [6.07, 6.45) is 5.60. The summed E-state index contributed by atoms with van der Waals surface area (Å²) in [5.74, 6) is 0. The maximum Gasteiger partial charge on any atom is 0.339 e. The van der Waals surface area contributed by atoms with Gasteiger partial charge in [-0.2, -0.15) is 0 Å². The lowest BCUT2D eigenvalue weighted by molar-refractivity contribution is 0.532. The average molecular weight is 365 g/mol. The minimum Gasteiger partial charge on any atom is -0.463 e. The first kappa shape index (κ1) is 15.7. The Kier molecular flexibility index (Phi) is 3.47. The third kappa shape index (κ3) is 2.24. The van der Waals surface area contributed by atoms with Crippen molar-refractivity contribution in [2.75, 3.05) is 0 Å². The van der Waals surface area contributed by atoms with E-state index in [0.29, 0.717) is 10.6 Å². The molecule has 0 atom stereocenters. The molecule has 1 aliphatic carbocycles. The van der Waals surface area contributed by atoms with Crippen LogP contribution in [0.25, 0.3) is 33.1 Å². The van der Waals surface area contributed by atoms with Crippen LogP contribution in [0.1, 0.15) is 29.5 Å². The van der Waals surface area contributed by atoms with Gasteiger partial charge in [0, 0.05) is 21.5 Å². The van der Waals surface area contributed by atoms with E-state index >= 15 is 0 Å². The van der Waals surface area contributed by atoms with Crippen LogP contribution in [0.2, 0.25) is 5.02 Å². The minimum absolute atomic E-state index is 0.199. The van der Waals surface area contributed by atoms with Crippen molar-refractivity contribution in [3.05, 3.63) is 68.7 Å². The molecule has 130 valence electrons. The van der Waals surface area contributed by atoms with E-state index in [0.717, 1.165) is 69.9 Å². The smallest absolute Gasteiger partial charge is 0.339 e. The molecular formula is C22H17ClO3. The highest BCUT2D eigenvalue weighted by Gasteiger charge is 2.23. The van der Waals surface area contributed by atoms with Crippen LogP contribution >= 0.6 is 11.6 Å². The molecule has 0 fully saturated rings. The lowest BCUT2D eigenvalue weighted by Gasteiger charge is -2.16. The number of aryl methyl sites for hydroxylation is 2. The Hall–Kier alpha value is -2.52. The van der Waals surface area contributed by atoms with Crippen molar-refractivity contribution in [3.8, 4) is 11.1 Å². The number of furan rings is 1. The molecule has 2 heterocycles. The summed E-state index contributed by atoms with van der Waals surface area (Å²) in [4.78, 5) is 12.4. The molecule has 0 amide bonds. The number of benzene rings is 2. The van der Waals surface area contributed by atoms with Crippen molar-refractivity contribution in [3.63, 3.8) is 0 Å². The summed E-state index contributed by atoms with van der Waals surface area (Å²) in [5.41, 5.74) is 6.28. The van der Waals surface area contributed by atoms with Crippen LogP contribution in [0, 0.1) is 6.92 Å². The fraction of sp³-hybridized carbons (Fsp3) is 0.227. The summed E-state index contributed by atoms with van der Waals surface area (Å²) >= 11 is 6.03. The topological polar surface area (TPSA) is 43.4 Å². The van der Waals surface area contributed by atoms with Gasteiger partial charge < -0.3 is 8.83 Å². The highest BCUT2D eigenvalue weighted by Crippen LogP contribution is 2.40. The van der Waals surface area contributed by atoms with E-state index in [1.54, 1.807) is 6.26 Å². The van der Waals surface area contributed by atoms with E-state index in [4.69, 9.17) is 20.4 Å². The van der Waals surface area contributed by atoms with Gasteiger partial charge in [-0.1, -0.05) is 23.7 Å². The van der Waals surface area contributed by atoms with Gasteiger partial charge in [-0.15, -0.1) is 0 Å². The molecule has 0 saturated heterocycles. The summed E-state index contributed by atoms with van der Waals surface area (Å²) in [5, 5.41) is 2.74. The summed E-state index contributed by atoms with van der Waals surface area (Å²) in [6, 6.07) is 9.72. The Balaban J connectivity index is 1.89. The molecule has 0 spiro atoms. The molecule has 26 heavy (non-hydrogen) atoms. The first-order valence-corrected chi connectivity index (χ1v) is 9.26. The second-order valence-corrected chi connectivity index (χ2v) is 7.42. The molecule has 0 saturated carbocycles. The Bertz CT molecular complexity index is 1210. The van der Waals surface area contributed by atoms with Crippen molar-refractivity contribution >= 4 is 33.5 Å². The zero-order chi connectivity index (χ0) is 17.8. The van der Waals surface area contributed by atoms with E-state index < -0.39 is 0 Å². The quantitative estimate of drug-likeness (QED) is 0.386. The molecule has 5 rings (SSSR count). The fourth-order valence-corrected chi connectivity index (χ4v) is 4.29. The molecule has 0 N–H and O–H groups in total. The second-order valence-electron chi connectivity index (χ2n) is 6.98. The van der Waals surface area contributed by atoms with Crippen molar-refractivity contribution in [2.24, 2.45) is 0 Å².